The number of aromatic nitrogens is 1. The summed E-state index contributed by atoms with van der Waals surface area (Å²) in [5.41, 5.74) is 1.05. The fraction of sp³-hybridized carbons (Fsp3) is 0.174. The summed E-state index contributed by atoms with van der Waals surface area (Å²) in [6.07, 6.45) is 0. The molecule has 1 aromatic heterocycles. The van der Waals surface area contributed by atoms with E-state index in [1.54, 1.807) is 47.4 Å². The van der Waals surface area contributed by atoms with Crippen LogP contribution in [0.2, 0.25) is 0 Å². The lowest BCUT2D eigenvalue weighted by Crippen LogP contribution is -2.31. The molecule has 1 N–H and O–H groups in total. The highest BCUT2D eigenvalue weighted by atomic mass is 16.5. The Labute approximate surface area is 170 Å². The number of nitrogens with one attached hydrogen (secondary N) is 1. The van der Waals surface area contributed by atoms with Crippen LogP contribution < -0.4 is 10.1 Å². The van der Waals surface area contributed by atoms with Crippen LogP contribution in [0.15, 0.2) is 72.8 Å². The van der Waals surface area contributed by atoms with Crippen molar-refractivity contribution in [3.05, 3.63) is 84.2 Å². The van der Waals surface area contributed by atoms with Gasteiger partial charge in [0.25, 0.3) is 11.8 Å². The molecule has 1 heterocycles. The number of nitrogens with zero attached hydrogens (tertiary/aromatic N) is 2. The van der Waals surface area contributed by atoms with Crippen molar-refractivity contribution in [2.45, 2.75) is 13.8 Å². The van der Waals surface area contributed by atoms with E-state index in [-0.39, 0.29) is 23.2 Å². The van der Waals surface area contributed by atoms with Crippen molar-refractivity contribution in [2.75, 3.05) is 18.4 Å². The third-order valence-corrected chi connectivity index (χ3v) is 4.34. The molecule has 0 aliphatic heterocycles. The molecule has 0 saturated heterocycles. The van der Waals surface area contributed by atoms with E-state index < -0.39 is 0 Å². The molecule has 0 fully saturated rings. The molecule has 2 amide bonds. The highest BCUT2D eigenvalue weighted by Gasteiger charge is 2.16. The maximum Gasteiger partial charge on any atom is 0.274 e. The standard InChI is InChI=1S/C23H23N3O3/c1-3-26(4-2)23(28)21-12-8-11-20(25-21)22(27)24-17-13-15-19(16-14-17)29-18-9-6-5-7-10-18/h5-16H,3-4H2,1-2H3,(H,24,27). The monoisotopic (exact) mass is 389 g/mol. The number of carbonyl (C=O) groups is 2. The average molecular weight is 389 g/mol. The van der Waals surface area contributed by atoms with Gasteiger partial charge in [0.2, 0.25) is 0 Å². The topological polar surface area (TPSA) is 71.5 Å². The van der Waals surface area contributed by atoms with Crippen LogP contribution >= 0.6 is 0 Å². The SMILES string of the molecule is CCN(CC)C(=O)c1cccc(C(=O)Nc2ccc(Oc3ccccc3)cc2)n1. The summed E-state index contributed by atoms with van der Waals surface area (Å²) in [4.78, 5) is 30.9. The van der Waals surface area contributed by atoms with Crippen LogP contribution in [0.25, 0.3) is 0 Å². The molecule has 6 heteroatoms. The fourth-order valence-corrected chi connectivity index (χ4v) is 2.78. The smallest absolute Gasteiger partial charge is 0.274 e. The van der Waals surface area contributed by atoms with Crippen LogP contribution in [0, 0.1) is 0 Å². The first kappa shape index (κ1) is 20.1. The molecule has 6 nitrogen and oxygen atoms in total. The third-order valence-electron chi connectivity index (χ3n) is 4.34. The molecule has 3 aromatic rings. The van der Waals surface area contributed by atoms with Gasteiger partial charge in [-0.3, -0.25) is 9.59 Å². The van der Waals surface area contributed by atoms with E-state index >= 15 is 0 Å². The molecule has 3 rings (SSSR count). The van der Waals surface area contributed by atoms with Gasteiger partial charge < -0.3 is 15.0 Å². The minimum absolute atomic E-state index is 0.188. The van der Waals surface area contributed by atoms with E-state index in [0.29, 0.717) is 24.5 Å². The van der Waals surface area contributed by atoms with Crippen LogP contribution in [-0.2, 0) is 0 Å². The number of carbonyl (C=O) groups excluding carboxylic acids is 2. The Bertz CT molecular complexity index is 968. The van der Waals surface area contributed by atoms with E-state index in [0.717, 1.165) is 5.75 Å². The summed E-state index contributed by atoms with van der Waals surface area (Å²) in [7, 11) is 0. The Morgan fingerprint density at radius 2 is 1.45 bits per heavy atom. The minimum atomic E-state index is -0.379. The molecular weight excluding hydrogens is 366 g/mol. The molecule has 29 heavy (non-hydrogen) atoms. The molecule has 0 radical (unpaired) electrons. The average Bonchev–Trinajstić information content (AvgIpc) is 2.76. The van der Waals surface area contributed by atoms with Crippen molar-refractivity contribution >= 4 is 17.5 Å². The number of rotatable bonds is 7. The van der Waals surface area contributed by atoms with Crippen molar-refractivity contribution in [3.63, 3.8) is 0 Å². The molecular formula is C23H23N3O3. The van der Waals surface area contributed by atoms with Gasteiger partial charge in [0, 0.05) is 18.8 Å². The van der Waals surface area contributed by atoms with Gasteiger partial charge in [-0.15, -0.1) is 0 Å². The first-order valence-corrected chi connectivity index (χ1v) is 9.51. The number of para-hydroxylation sites is 1. The van der Waals surface area contributed by atoms with Crippen LogP contribution in [0.5, 0.6) is 11.5 Å². The highest BCUT2D eigenvalue weighted by molar-refractivity contribution is 6.03. The zero-order valence-electron chi connectivity index (χ0n) is 16.5. The number of pyridine rings is 1. The number of amides is 2. The number of benzene rings is 2. The van der Waals surface area contributed by atoms with Gasteiger partial charge >= 0.3 is 0 Å². The van der Waals surface area contributed by atoms with E-state index in [2.05, 4.69) is 10.3 Å². The van der Waals surface area contributed by atoms with Crippen LogP contribution in [-0.4, -0.2) is 34.8 Å². The minimum Gasteiger partial charge on any atom is -0.457 e. The second kappa shape index (κ2) is 9.50. The largest absolute Gasteiger partial charge is 0.457 e. The van der Waals surface area contributed by atoms with Crippen molar-refractivity contribution in [1.29, 1.82) is 0 Å². The van der Waals surface area contributed by atoms with Gasteiger partial charge in [0.15, 0.2) is 0 Å². The highest BCUT2D eigenvalue weighted by Crippen LogP contribution is 2.22. The van der Waals surface area contributed by atoms with Gasteiger partial charge in [-0.1, -0.05) is 24.3 Å². The number of hydrogen-bond acceptors (Lipinski definition) is 4. The Morgan fingerprint density at radius 3 is 2.10 bits per heavy atom. The van der Waals surface area contributed by atoms with Gasteiger partial charge in [-0.05, 0) is 62.4 Å². The summed E-state index contributed by atoms with van der Waals surface area (Å²) in [6, 6.07) is 21.4. The quantitative estimate of drug-likeness (QED) is 0.641. The lowest BCUT2D eigenvalue weighted by Gasteiger charge is -2.18. The first-order valence-electron chi connectivity index (χ1n) is 9.51. The normalized spacial score (nSPS) is 10.3. The predicted octanol–water partition coefficient (Wildman–Crippen LogP) is 4.61. The van der Waals surface area contributed by atoms with Crippen LogP contribution in [0.4, 0.5) is 5.69 Å². The Hall–Kier alpha value is -3.67. The molecule has 0 atom stereocenters. The summed E-state index contributed by atoms with van der Waals surface area (Å²) >= 11 is 0. The van der Waals surface area contributed by atoms with E-state index in [1.807, 2.05) is 44.2 Å². The zero-order valence-corrected chi connectivity index (χ0v) is 16.5. The molecule has 0 bridgehead atoms. The predicted molar refractivity (Wildman–Crippen MR) is 112 cm³/mol. The van der Waals surface area contributed by atoms with E-state index in [1.165, 1.54) is 0 Å². The van der Waals surface area contributed by atoms with Gasteiger partial charge in [-0.2, -0.15) is 0 Å². The molecule has 2 aromatic carbocycles. The second-order valence-corrected chi connectivity index (χ2v) is 6.28. The molecule has 0 aliphatic carbocycles. The summed E-state index contributed by atoms with van der Waals surface area (Å²) in [5, 5.41) is 2.79. The molecule has 0 aliphatic rings. The van der Waals surface area contributed by atoms with Crippen LogP contribution in [0.1, 0.15) is 34.8 Å². The van der Waals surface area contributed by atoms with Crippen molar-refractivity contribution < 1.29 is 14.3 Å². The third kappa shape index (κ3) is 5.19. The molecule has 0 spiro atoms. The van der Waals surface area contributed by atoms with Gasteiger partial charge in [0.1, 0.15) is 22.9 Å². The second-order valence-electron chi connectivity index (χ2n) is 6.28. The Balaban J connectivity index is 1.67. The Kier molecular flexibility index (Phi) is 6.58. The summed E-state index contributed by atoms with van der Waals surface area (Å²) < 4.78 is 5.74. The lowest BCUT2D eigenvalue weighted by atomic mass is 10.2. The summed E-state index contributed by atoms with van der Waals surface area (Å²) in [5.74, 6) is 0.838. The van der Waals surface area contributed by atoms with Crippen molar-refractivity contribution in [1.82, 2.24) is 9.88 Å². The van der Waals surface area contributed by atoms with Crippen molar-refractivity contribution in [3.8, 4) is 11.5 Å². The number of hydrogen-bond donors (Lipinski definition) is 1. The Morgan fingerprint density at radius 1 is 0.828 bits per heavy atom. The van der Waals surface area contributed by atoms with Gasteiger partial charge in [-0.25, -0.2) is 4.98 Å². The molecule has 148 valence electrons. The maximum atomic E-state index is 12.5. The summed E-state index contributed by atoms with van der Waals surface area (Å²) in [6.45, 7) is 4.99. The molecule has 0 unspecified atom stereocenters. The maximum absolute atomic E-state index is 12.5. The van der Waals surface area contributed by atoms with Gasteiger partial charge in [0.05, 0.1) is 0 Å². The van der Waals surface area contributed by atoms with Crippen LogP contribution in [0.3, 0.4) is 0 Å². The zero-order chi connectivity index (χ0) is 20.6. The fourth-order valence-electron chi connectivity index (χ4n) is 2.78. The lowest BCUT2D eigenvalue weighted by molar-refractivity contribution is 0.0767. The van der Waals surface area contributed by atoms with Crippen molar-refractivity contribution in [2.24, 2.45) is 0 Å². The number of anilines is 1. The van der Waals surface area contributed by atoms with E-state index in [4.69, 9.17) is 4.74 Å². The molecule has 0 saturated carbocycles. The first-order chi connectivity index (χ1) is 14.1. The number of ether oxygens (including phenoxy) is 1. The van der Waals surface area contributed by atoms with E-state index in [9.17, 15) is 9.59 Å².